The zero-order chi connectivity index (χ0) is 13.6. The average Bonchev–Trinajstić information content (AvgIpc) is 2.76. The summed E-state index contributed by atoms with van der Waals surface area (Å²) >= 11 is 6.03. The van der Waals surface area contributed by atoms with Crippen LogP contribution in [0.5, 0.6) is 0 Å². The second-order valence-electron chi connectivity index (χ2n) is 4.67. The number of aromatic nitrogens is 1. The van der Waals surface area contributed by atoms with Crippen LogP contribution in [-0.2, 0) is 0 Å². The summed E-state index contributed by atoms with van der Waals surface area (Å²) in [6, 6.07) is 9.41. The van der Waals surface area contributed by atoms with Gasteiger partial charge in [-0.1, -0.05) is 11.6 Å². The van der Waals surface area contributed by atoms with Crippen molar-refractivity contribution in [3.8, 4) is 11.5 Å². The normalized spacial score (nSPS) is 11.1. The molecule has 0 saturated carbocycles. The molecule has 0 amide bonds. The van der Waals surface area contributed by atoms with Crippen LogP contribution in [0.25, 0.3) is 22.6 Å². The molecule has 0 aliphatic heterocycles. The molecule has 2 N–H and O–H groups in total. The SMILES string of the molecule is Cc1cc(-c2nc3cc(N)cc(C)c3o2)ccc1Cl. The third-order valence-corrected chi connectivity index (χ3v) is 3.53. The molecule has 0 aliphatic carbocycles. The summed E-state index contributed by atoms with van der Waals surface area (Å²) < 4.78 is 5.82. The molecule has 4 heteroatoms. The minimum atomic E-state index is 0.587. The highest BCUT2D eigenvalue weighted by molar-refractivity contribution is 6.31. The molecule has 2 aromatic carbocycles. The maximum atomic E-state index is 6.03. The Morgan fingerprint density at radius 3 is 2.63 bits per heavy atom. The van der Waals surface area contributed by atoms with Crippen molar-refractivity contribution < 1.29 is 4.42 Å². The maximum absolute atomic E-state index is 6.03. The molecule has 0 bridgehead atoms. The Balaban J connectivity index is 2.20. The number of anilines is 1. The fourth-order valence-corrected chi connectivity index (χ4v) is 2.25. The van der Waals surface area contributed by atoms with Crippen molar-refractivity contribution in [2.24, 2.45) is 0 Å². The molecule has 1 aromatic heterocycles. The standard InChI is InChI=1S/C15H13ClN2O/c1-8-5-10(3-4-12(8)16)15-18-13-7-11(17)6-9(2)14(13)19-15/h3-7H,17H2,1-2H3. The van der Waals surface area contributed by atoms with Gasteiger partial charge in [-0.3, -0.25) is 0 Å². The van der Waals surface area contributed by atoms with Crippen LogP contribution in [0.2, 0.25) is 5.02 Å². The minimum absolute atomic E-state index is 0.587. The van der Waals surface area contributed by atoms with Crippen molar-refractivity contribution in [1.82, 2.24) is 4.98 Å². The van der Waals surface area contributed by atoms with Crippen LogP contribution in [0.15, 0.2) is 34.7 Å². The highest BCUT2D eigenvalue weighted by atomic mass is 35.5. The van der Waals surface area contributed by atoms with Crippen LogP contribution in [0.1, 0.15) is 11.1 Å². The number of nitrogens with zero attached hydrogens (tertiary/aromatic N) is 1. The van der Waals surface area contributed by atoms with E-state index in [9.17, 15) is 0 Å². The molecule has 96 valence electrons. The van der Waals surface area contributed by atoms with Crippen molar-refractivity contribution in [3.05, 3.63) is 46.5 Å². The molecule has 0 aliphatic rings. The molecule has 3 aromatic rings. The van der Waals surface area contributed by atoms with Crippen molar-refractivity contribution in [2.45, 2.75) is 13.8 Å². The van der Waals surface area contributed by atoms with Crippen LogP contribution in [0.4, 0.5) is 5.69 Å². The van der Waals surface area contributed by atoms with E-state index in [4.69, 9.17) is 21.8 Å². The monoisotopic (exact) mass is 272 g/mol. The van der Waals surface area contributed by atoms with Crippen LogP contribution in [0.3, 0.4) is 0 Å². The first-order valence-corrected chi connectivity index (χ1v) is 6.35. The van der Waals surface area contributed by atoms with E-state index in [-0.39, 0.29) is 0 Å². The molecule has 0 spiro atoms. The third kappa shape index (κ3) is 2.06. The number of halogens is 1. The zero-order valence-corrected chi connectivity index (χ0v) is 11.5. The fraction of sp³-hybridized carbons (Fsp3) is 0.133. The van der Waals surface area contributed by atoms with Crippen molar-refractivity contribution in [3.63, 3.8) is 0 Å². The van der Waals surface area contributed by atoms with Gasteiger partial charge in [-0.25, -0.2) is 4.98 Å². The summed E-state index contributed by atoms with van der Waals surface area (Å²) in [4.78, 5) is 4.49. The molecular formula is C15H13ClN2O. The van der Waals surface area contributed by atoms with E-state index < -0.39 is 0 Å². The maximum Gasteiger partial charge on any atom is 0.227 e. The van der Waals surface area contributed by atoms with Gasteiger partial charge in [0.2, 0.25) is 5.89 Å². The first-order valence-electron chi connectivity index (χ1n) is 5.98. The Kier molecular flexibility index (Phi) is 2.72. The number of hydrogen-bond acceptors (Lipinski definition) is 3. The summed E-state index contributed by atoms with van der Waals surface area (Å²) in [5.41, 5.74) is 11.0. The Morgan fingerprint density at radius 2 is 1.89 bits per heavy atom. The first-order chi connectivity index (χ1) is 9.04. The predicted octanol–water partition coefficient (Wildman–Crippen LogP) is 4.35. The highest BCUT2D eigenvalue weighted by Gasteiger charge is 2.11. The summed E-state index contributed by atoms with van der Waals surface area (Å²) in [5, 5.41) is 0.736. The fourth-order valence-electron chi connectivity index (χ4n) is 2.13. The number of hydrogen-bond donors (Lipinski definition) is 1. The van der Waals surface area contributed by atoms with Gasteiger partial charge < -0.3 is 10.2 Å². The summed E-state index contributed by atoms with van der Waals surface area (Å²) in [6.45, 7) is 3.92. The van der Waals surface area contributed by atoms with E-state index in [1.165, 1.54) is 0 Å². The van der Waals surface area contributed by atoms with Crippen LogP contribution in [-0.4, -0.2) is 4.98 Å². The Bertz CT molecular complexity index is 777. The lowest BCUT2D eigenvalue weighted by Crippen LogP contribution is -1.85. The van der Waals surface area contributed by atoms with Crippen LogP contribution in [0, 0.1) is 13.8 Å². The van der Waals surface area contributed by atoms with E-state index in [1.54, 1.807) is 0 Å². The first kappa shape index (κ1) is 12.1. The lowest BCUT2D eigenvalue weighted by Gasteiger charge is -1.99. The number of oxazole rings is 1. The second kappa shape index (κ2) is 4.28. The molecule has 0 radical (unpaired) electrons. The number of aryl methyl sites for hydroxylation is 2. The van der Waals surface area contributed by atoms with Crippen molar-refractivity contribution in [1.29, 1.82) is 0 Å². The molecule has 19 heavy (non-hydrogen) atoms. The van der Waals surface area contributed by atoms with Crippen molar-refractivity contribution in [2.75, 3.05) is 5.73 Å². The quantitative estimate of drug-likeness (QED) is 0.670. The van der Waals surface area contributed by atoms with Gasteiger partial charge in [0.05, 0.1) is 0 Å². The molecular weight excluding hydrogens is 260 g/mol. The molecule has 0 saturated heterocycles. The van der Waals surface area contributed by atoms with Gasteiger partial charge in [0.25, 0.3) is 0 Å². The predicted molar refractivity (Wildman–Crippen MR) is 78.3 cm³/mol. The lowest BCUT2D eigenvalue weighted by molar-refractivity contribution is 0.617. The number of fused-ring (bicyclic) bond motifs is 1. The lowest BCUT2D eigenvalue weighted by atomic mass is 10.1. The molecule has 1 heterocycles. The molecule has 0 fully saturated rings. The van der Waals surface area contributed by atoms with E-state index in [1.807, 2.05) is 44.2 Å². The van der Waals surface area contributed by atoms with Gasteiger partial charge in [-0.05, 0) is 55.3 Å². The van der Waals surface area contributed by atoms with Gasteiger partial charge in [0.1, 0.15) is 5.52 Å². The average molecular weight is 273 g/mol. The Morgan fingerprint density at radius 1 is 1.11 bits per heavy atom. The number of rotatable bonds is 1. The summed E-state index contributed by atoms with van der Waals surface area (Å²) in [5.74, 6) is 0.587. The van der Waals surface area contributed by atoms with Gasteiger partial charge in [-0.15, -0.1) is 0 Å². The smallest absolute Gasteiger partial charge is 0.227 e. The third-order valence-electron chi connectivity index (χ3n) is 3.10. The topological polar surface area (TPSA) is 52.0 Å². The molecule has 0 atom stereocenters. The zero-order valence-electron chi connectivity index (χ0n) is 10.7. The number of nitrogen functional groups attached to an aromatic ring is 1. The molecule has 3 rings (SSSR count). The van der Waals surface area contributed by atoms with Gasteiger partial charge in [-0.2, -0.15) is 0 Å². The Hall–Kier alpha value is -2.00. The summed E-state index contributed by atoms with van der Waals surface area (Å²) in [7, 11) is 0. The summed E-state index contributed by atoms with van der Waals surface area (Å²) in [6.07, 6.45) is 0. The second-order valence-corrected chi connectivity index (χ2v) is 5.08. The number of nitrogens with two attached hydrogens (primary N) is 1. The Labute approximate surface area is 116 Å². The van der Waals surface area contributed by atoms with Gasteiger partial charge in [0, 0.05) is 16.3 Å². The highest BCUT2D eigenvalue weighted by Crippen LogP contribution is 2.29. The molecule has 3 nitrogen and oxygen atoms in total. The van der Waals surface area contributed by atoms with Gasteiger partial charge >= 0.3 is 0 Å². The van der Waals surface area contributed by atoms with Gasteiger partial charge in [0.15, 0.2) is 5.58 Å². The largest absolute Gasteiger partial charge is 0.436 e. The van der Waals surface area contributed by atoms with Crippen LogP contribution >= 0.6 is 11.6 Å². The van der Waals surface area contributed by atoms with Crippen LogP contribution < -0.4 is 5.73 Å². The molecule has 0 unspecified atom stereocenters. The van der Waals surface area contributed by atoms with E-state index in [0.29, 0.717) is 11.6 Å². The van der Waals surface area contributed by atoms with E-state index >= 15 is 0 Å². The van der Waals surface area contributed by atoms with Crippen molar-refractivity contribution >= 4 is 28.4 Å². The minimum Gasteiger partial charge on any atom is -0.436 e. The number of benzene rings is 2. The van der Waals surface area contributed by atoms with E-state index in [0.717, 1.165) is 32.8 Å². The van der Waals surface area contributed by atoms with E-state index in [2.05, 4.69) is 4.98 Å².